The number of rotatable bonds is 9. The highest BCUT2D eigenvalue weighted by Crippen LogP contribution is 2.20. The molecular formula is C25H28N2O4S. The fourth-order valence-corrected chi connectivity index (χ4v) is 3.73. The number of ether oxygens (including phenoxy) is 2. The Balaban J connectivity index is 1.96. The zero-order chi connectivity index (χ0) is 23.1. The number of nitrogens with zero attached hydrogens (tertiary/aromatic N) is 1. The summed E-state index contributed by atoms with van der Waals surface area (Å²) in [7, 11) is -2.24. The predicted molar refractivity (Wildman–Crippen MR) is 127 cm³/mol. The molecule has 0 atom stereocenters. The van der Waals surface area contributed by atoms with Gasteiger partial charge in [-0.2, -0.15) is 18.4 Å². The van der Waals surface area contributed by atoms with Crippen LogP contribution in [0.25, 0.3) is 0 Å². The SMILES string of the molecule is COc1cccc(/C(=N/NS(=O)(=O)c2ccc(C)cc2)c2ccc(OCC(C)C)cc2)c1. The summed E-state index contributed by atoms with van der Waals surface area (Å²) in [4.78, 5) is 2.52. The van der Waals surface area contributed by atoms with Crippen molar-refractivity contribution in [3.63, 3.8) is 0 Å². The Bertz CT molecular complexity index is 1170. The Hall–Kier alpha value is -3.32. The van der Waals surface area contributed by atoms with Gasteiger partial charge in [0.05, 0.1) is 24.3 Å². The van der Waals surface area contributed by atoms with Gasteiger partial charge in [0.1, 0.15) is 11.5 Å². The third-order valence-corrected chi connectivity index (χ3v) is 5.89. The number of hydrazone groups is 1. The maximum Gasteiger partial charge on any atom is 0.276 e. The van der Waals surface area contributed by atoms with Gasteiger partial charge in [0.15, 0.2) is 0 Å². The van der Waals surface area contributed by atoms with E-state index in [1.807, 2.05) is 55.5 Å². The molecule has 3 aromatic rings. The van der Waals surface area contributed by atoms with Crippen LogP contribution in [0.5, 0.6) is 11.5 Å². The van der Waals surface area contributed by atoms with Crippen LogP contribution >= 0.6 is 0 Å². The van der Waals surface area contributed by atoms with Gasteiger partial charge in [0.2, 0.25) is 0 Å². The molecule has 0 saturated carbocycles. The van der Waals surface area contributed by atoms with Crippen LogP contribution in [0.3, 0.4) is 0 Å². The first-order chi connectivity index (χ1) is 15.3. The van der Waals surface area contributed by atoms with E-state index in [0.717, 1.165) is 16.9 Å². The van der Waals surface area contributed by atoms with Crippen molar-refractivity contribution in [2.24, 2.45) is 11.0 Å². The molecule has 3 aromatic carbocycles. The molecule has 0 bridgehead atoms. The normalized spacial score (nSPS) is 12.0. The van der Waals surface area contributed by atoms with Gasteiger partial charge >= 0.3 is 0 Å². The number of hydrogen-bond acceptors (Lipinski definition) is 5. The van der Waals surface area contributed by atoms with Crippen LogP contribution in [0.1, 0.15) is 30.5 Å². The van der Waals surface area contributed by atoms with Crippen molar-refractivity contribution in [1.82, 2.24) is 4.83 Å². The van der Waals surface area contributed by atoms with E-state index < -0.39 is 10.0 Å². The van der Waals surface area contributed by atoms with Crippen molar-refractivity contribution >= 4 is 15.7 Å². The fourth-order valence-electron chi connectivity index (χ4n) is 2.91. The monoisotopic (exact) mass is 452 g/mol. The summed E-state index contributed by atoms with van der Waals surface area (Å²) in [5.41, 5.74) is 2.90. The van der Waals surface area contributed by atoms with Crippen LogP contribution in [0.2, 0.25) is 0 Å². The largest absolute Gasteiger partial charge is 0.497 e. The quantitative estimate of drug-likeness (QED) is 0.375. The molecule has 0 aliphatic rings. The molecule has 0 saturated heterocycles. The zero-order valence-corrected chi connectivity index (χ0v) is 19.5. The standard InChI is InChI=1S/C25H28N2O4S/c1-18(2)17-31-22-12-10-20(11-13-22)25(21-6-5-7-23(16-21)30-4)26-27-32(28,29)24-14-8-19(3)9-15-24/h5-16,18,27H,17H2,1-4H3/b26-25+. The number of hydrogen-bond donors (Lipinski definition) is 1. The molecule has 0 amide bonds. The molecule has 0 aromatic heterocycles. The van der Waals surface area contributed by atoms with Crippen molar-refractivity contribution in [3.8, 4) is 11.5 Å². The fraction of sp³-hybridized carbons (Fsp3) is 0.240. The second kappa shape index (κ2) is 10.3. The molecule has 0 heterocycles. The number of nitrogens with one attached hydrogen (secondary N) is 1. The average Bonchev–Trinajstić information content (AvgIpc) is 2.79. The lowest BCUT2D eigenvalue weighted by Gasteiger charge is -2.12. The van der Waals surface area contributed by atoms with E-state index in [4.69, 9.17) is 9.47 Å². The number of aryl methyl sites for hydroxylation is 1. The maximum absolute atomic E-state index is 12.8. The third kappa shape index (κ3) is 6.11. The van der Waals surface area contributed by atoms with E-state index in [0.29, 0.717) is 29.5 Å². The minimum atomic E-state index is -3.82. The summed E-state index contributed by atoms with van der Waals surface area (Å²) in [5.74, 6) is 1.81. The Morgan fingerprint density at radius 2 is 1.62 bits per heavy atom. The summed E-state index contributed by atoms with van der Waals surface area (Å²) in [5, 5.41) is 4.30. The third-order valence-electron chi connectivity index (χ3n) is 4.66. The highest BCUT2D eigenvalue weighted by molar-refractivity contribution is 7.89. The van der Waals surface area contributed by atoms with Crippen LogP contribution in [0.15, 0.2) is 82.8 Å². The molecule has 6 nitrogen and oxygen atoms in total. The molecule has 0 aliphatic heterocycles. The Morgan fingerprint density at radius 3 is 2.25 bits per heavy atom. The number of benzene rings is 3. The van der Waals surface area contributed by atoms with Gasteiger partial charge in [-0.15, -0.1) is 0 Å². The lowest BCUT2D eigenvalue weighted by molar-refractivity contribution is 0.271. The van der Waals surface area contributed by atoms with Gasteiger partial charge in [0.25, 0.3) is 10.0 Å². The summed E-state index contributed by atoms with van der Waals surface area (Å²) in [6, 6.07) is 21.3. The summed E-state index contributed by atoms with van der Waals surface area (Å²) >= 11 is 0. The van der Waals surface area contributed by atoms with E-state index in [2.05, 4.69) is 23.8 Å². The lowest BCUT2D eigenvalue weighted by Crippen LogP contribution is -2.21. The van der Waals surface area contributed by atoms with Gasteiger partial charge in [-0.1, -0.05) is 43.7 Å². The Labute approximate surface area is 190 Å². The van der Waals surface area contributed by atoms with Crippen molar-refractivity contribution in [2.45, 2.75) is 25.7 Å². The smallest absolute Gasteiger partial charge is 0.276 e. The first-order valence-corrected chi connectivity index (χ1v) is 11.8. The molecule has 32 heavy (non-hydrogen) atoms. The maximum atomic E-state index is 12.8. The van der Waals surface area contributed by atoms with Gasteiger partial charge in [-0.25, -0.2) is 0 Å². The van der Waals surface area contributed by atoms with Crippen LogP contribution in [0.4, 0.5) is 0 Å². The van der Waals surface area contributed by atoms with Gasteiger partial charge in [-0.3, -0.25) is 0 Å². The van der Waals surface area contributed by atoms with E-state index in [9.17, 15) is 8.42 Å². The number of methoxy groups -OCH3 is 1. The summed E-state index contributed by atoms with van der Waals surface area (Å²) in [6.45, 7) is 6.69. The second-order valence-electron chi connectivity index (χ2n) is 7.83. The topological polar surface area (TPSA) is 77.0 Å². The Kier molecular flexibility index (Phi) is 7.53. The van der Waals surface area contributed by atoms with Crippen LogP contribution in [-0.4, -0.2) is 27.8 Å². The molecule has 7 heteroatoms. The van der Waals surface area contributed by atoms with Gasteiger partial charge in [-0.05, 0) is 61.4 Å². The first kappa shape index (κ1) is 23.3. The van der Waals surface area contributed by atoms with Gasteiger partial charge in [0, 0.05) is 11.1 Å². The minimum absolute atomic E-state index is 0.147. The van der Waals surface area contributed by atoms with Crippen molar-refractivity contribution in [3.05, 3.63) is 89.5 Å². The van der Waals surface area contributed by atoms with Crippen LogP contribution in [-0.2, 0) is 10.0 Å². The van der Waals surface area contributed by atoms with Crippen LogP contribution < -0.4 is 14.3 Å². The first-order valence-electron chi connectivity index (χ1n) is 10.3. The van der Waals surface area contributed by atoms with E-state index in [1.165, 1.54) is 0 Å². The molecule has 3 rings (SSSR count). The molecule has 0 fully saturated rings. The molecule has 168 valence electrons. The van der Waals surface area contributed by atoms with E-state index in [1.54, 1.807) is 31.4 Å². The Morgan fingerprint density at radius 1 is 0.938 bits per heavy atom. The zero-order valence-electron chi connectivity index (χ0n) is 18.7. The molecular weight excluding hydrogens is 424 g/mol. The lowest BCUT2D eigenvalue weighted by atomic mass is 10.0. The highest BCUT2D eigenvalue weighted by atomic mass is 32.2. The highest BCUT2D eigenvalue weighted by Gasteiger charge is 2.15. The molecule has 0 unspecified atom stereocenters. The molecule has 1 N–H and O–H groups in total. The minimum Gasteiger partial charge on any atom is -0.497 e. The summed E-state index contributed by atoms with van der Waals surface area (Å²) < 4.78 is 36.6. The van der Waals surface area contributed by atoms with Crippen LogP contribution in [0, 0.1) is 12.8 Å². The van der Waals surface area contributed by atoms with E-state index >= 15 is 0 Å². The average molecular weight is 453 g/mol. The predicted octanol–water partition coefficient (Wildman–Crippen LogP) is 4.77. The second-order valence-corrected chi connectivity index (χ2v) is 9.49. The molecule has 0 aliphatic carbocycles. The van der Waals surface area contributed by atoms with Crippen molar-refractivity contribution < 1.29 is 17.9 Å². The molecule has 0 spiro atoms. The number of sulfonamides is 1. The van der Waals surface area contributed by atoms with Crippen molar-refractivity contribution in [2.75, 3.05) is 13.7 Å². The van der Waals surface area contributed by atoms with Crippen molar-refractivity contribution in [1.29, 1.82) is 0 Å². The van der Waals surface area contributed by atoms with Gasteiger partial charge < -0.3 is 9.47 Å². The van der Waals surface area contributed by atoms with E-state index in [-0.39, 0.29) is 4.90 Å². The molecule has 0 radical (unpaired) electrons. The summed E-state index contributed by atoms with van der Waals surface area (Å²) in [6.07, 6.45) is 0.